The minimum absolute atomic E-state index is 0.00673. The van der Waals surface area contributed by atoms with Crippen molar-refractivity contribution in [3.05, 3.63) is 59.9 Å². The van der Waals surface area contributed by atoms with Crippen LogP contribution in [0.4, 0.5) is 0 Å². The number of hydrogen-bond acceptors (Lipinski definition) is 2. The molecule has 1 aromatic carbocycles. The van der Waals surface area contributed by atoms with Gasteiger partial charge in [-0.2, -0.15) is 0 Å². The van der Waals surface area contributed by atoms with Gasteiger partial charge >= 0.3 is 0 Å². The lowest BCUT2D eigenvalue weighted by Gasteiger charge is -2.16. The normalized spacial score (nSPS) is 18.5. The highest BCUT2D eigenvalue weighted by Crippen LogP contribution is 2.16. The third kappa shape index (κ3) is 3.98. The summed E-state index contributed by atoms with van der Waals surface area (Å²) in [6.07, 6.45) is 4.04. The Bertz CT molecular complexity index is 580. The van der Waals surface area contributed by atoms with E-state index in [1.54, 1.807) is 12.3 Å². The second-order valence-corrected chi connectivity index (χ2v) is 5.98. The fraction of sp³-hybridized carbons (Fsp3) is 0.389. The summed E-state index contributed by atoms with van der Waals surface area (Å²) < 4.78 is 0. The van der Waals surface area contributed by atoms with Gasteiger partial charge in [0, 0.05) is 25.8 Å². The molecule has 1 fully saturated rings. The fourth-order valence-corrected chi connectivity index (χ4v) is 3.02. The summed E-state index contributed by atoms with van der Waals surface area (Å²) in [5, 5.41) is 3.02. The van der Waals surface area contributed by atoms with Crippen LogP contribution in [0.15, 0.2) is 48.7 Å². The van der Waals surface area contributed by atoms with Crippen LogP contribution in [0, 0.1) is 5.92 Å². The first-order valence-electron chi connectivity index (χ1n) is 7.99. The van der Waals surface area contributed by atoms with Crippen molar-refractivity contribution < 1.29 is 4.79 Å². The van der Waals surface area contributed by atoms with Gasteiger partial charge in [-0.3, -0.25) is 4.79 Å². The molecule has 116 valence electrons. The molecule has 2 heterocycles. The number of carbonyl (C=O) groups excluding carboxylic acids is 1. The average molecular weight is 297 g/mol. The van der Waals surface area contributed by atoms with Gasteiger partial charge in [-0.05, 0) is 43.0 Å². The number of H-pyrrole nitrogens is 1. The van der Waals surface area contributed by atoms with Crippen LogP contribution in [-0.2, 0) is 6.42 Å². The third-order valence-electron chi connectivity index (χ3n) is 4.32. The Morgan fingerprint density at radius 3 is 2.86 bits per heavy atom. The van der Waals surface area contributed by atoms with Crippen molar-refractivity contribution in [1.82, 2.24) is 15.2 Å². The van der Waals surface area contributed by atoms with E-state index in [0.717, 1.165) is 32.6 Å². The number of carbonyl (C=O) groups is 1. The van der Waals surface area contributed by atoms with Gasteiger partial charge in [0.1, 0.15) is 5.69 Å². The van der Waals surface area contributed by atoms with E-state index >= 15 is 0 Å². The standard InChI is InChI=1S/C18H23N3O/c22-18(17-7-4-10-19-17)20-13-16-9-12-21(14-16)11-8-15-5-2-1-3-6-15/h1-7,10,16,19H,8-9,11-14H2,(H,20,22). The van der Waals surface area contributed by atoms with E-state index in [2.05, 4.69) is 45.5 Å². The smallest absolute Gasteiger partial charge is 0.267 e. The summed E-state index contributed by atoms with van der Waals surface area (Å²) in [7, 11) is 0. The van der Waals surface area contributed by atoms with E-state index in [4.69, 9.17) is 0 Å². The van der Waals surface area contributed by atoms with Crippen LogP contribution in [0.25, 0.3) is 0 Å². The van der Waals surface area contributed by atoms with Gasteiger partial charge < -0.3 is 15.2 Å². The summed E-state index contributed by atoms with van der Waals surface area (Å²) in [4.78, 5) is 17.3. The molecule has 1 unspecified atom stereocenters. The summed E-state index contributed by atoms with van der Waals surface area (Å²) in [6.45, 7) is 4.08. The highest BCUT2D eigenvalue weighted by Gasteiger charge is 2.22. The van der Waals surface area contributed by atoms with Crippen LogP contribution in [-0.4, -0.2) is 42.0 Å². The predicted molar refractivity (Wildman–Crippen MR) is 87.8 cm³/mol. The number of aromatic nitrogens is 1. The van der Waals surface area contributed by atoms with E-state index < -0.39 is 0 Å². The van der Waals surface area contributed by atoms with Gasteiger partial charge in [-0.15, -0.1) is 0 Å². The van der Waals surface area contributed by atoms with Crippen molar-refractivity contribution in [3.8, 4) is 0 Å². The third-order valence-corrected chi connectivity index (χ3v) is 4.32. The zero-order valence-corrected chi connectivity index (χ0v) is 12.8. The Balaban J connectivity index is 1.38. The first kappa shape index (κ1) is 14.9. The van der Waals surface area contributed by atoms with Crippen LogP contribution in [0.1, 0.15) is 22.5 Å². The maximum Gasteiger partial charge on any atom is 0.267 e. The van der Waals surface area contributed by atoms with Crippen LogP contribution < -0.4 is 5.32 Å². The second kappa shape index (κ2) is 7.27. The molecule has 1 aliphatic heterocycles. The number of hydrogen-bond donors (Lipinski definition) is 2. The highest BCUT2D eigenvalue weighted by molar-refractivity contribution is 5.92. The zero-order chi connectivity index (χ0) is 15.2. The molecule has 1 aromatic heterocycles. The fourth-order valence-electron chi connectivity index (χ4n) is 3.02. The molecule has 22 heavy (non-hydrogen) atoms. The maximum atomic E-state index is 11.9. The quantitative estimate of drug-likeness (QED) is 0.859. The molecule has 1 aliphatic rings. The summed E-state index contributed by atoms with van der Waals surface area (Å²) in [6, 6.07) is 14.3. The van der Waals surface area contributed by atoms with Crippen molar-refractivity contribution in [2.75, 3.05) is 26.2 Å². The molecule has 3 rings (SSSR count). The molecule has 0 bridgehead atoms. The molecule has 0 aliphatic carbocycles. The van der Waals surface area contributed by atoms with Crippen LogP contribution >= 0.6 is 0 Å². The molecule has 1 atom stereocenters. The Morgan fingerprint density at radius 2 is 2.09 bits per heavy atom. The number of aromatic amines is 1. The number of amides is 1. The molecule has 2 aromatic rings. The Kier molecular flexibility index (Phi) is 4.91. The summed E-state index contributed by atoms with van der Waals surface area (Å²) in [5.41, 5.74) is 2.03. The molecule has 0 spiro atoms. The SMILES string of the molecule is O=C(NCC1CCN(CCc2ccccc2)C1)c1ccc[nH]1. The van der Waals surface area contributed by atoms with Crippen molar-refractivity contribution in [2.45, 2.75) is 12.8 Å². The topological polar surface area (TPSA) is 48.1 Å². The lowest BCUT2D eigenvalue weighted by Crippen LogP contribution is -2.31. The lowest BCUT2D eigenvalue weighted by atomic mass is 10.1. The highest BCUT2D eigenvalue weighted by atomic mass is 16.1. The minimum Gasteiger partial charge on any atom is -0.357 e. The Hall–Kier alpha value is -2.07. The molecular formula is C18H23N3O. The molecular weight excluding hydrogens is 274 g/mol. The van der Waals surface area contributed by atoms with Gasteiger partial charge in [-0.25, -0.2) is 0 Å². The van der Waals surface area contributed by atoms with E-state index in [1.807, 2.05) is 6.07 Å². The van der Waals surface area contributed by atoms with E-state index in [0.29, 0.717) is 11.6 Å². The van der Waals surface area contributed by atoms with Gasteiger partial charge in [0.05, 0.1) is 0 Å². The van der Waals surface area contributed by atoms with Gasteiger partial charge in [-0.1, -0.05) is 30.3 Å². The Labute approximate surface area is 131 Å². The number of likely N-dealkylation sites (tertiary alicyclic amines) is 1. The second-order valence-electron chi connectivity index (χ2n) is 5.98. The molecule has 4 heteroatoms. The van der Waals surface area contributed by atoms with Crippen molar-refractivity contribution in [1.29, 1.82) is 0 Å². The number of nitrogens with zero attached hydrogens (tertiary/aromatic N) is 1. The first-order chi connectivity index (χ1) is 10.8. The van der Waals surface area contributed by atoms with E-state index in [-0.39, 0.29) is 5.91 Å². The van der Waals surface area contributed by atoms with Crippen LogP contribution in [0.5, 0.6) is 0 Å². The van der Waals surface area contributed by atoms with Crippen molar-refractivity contribution in [2.24, 2.45) is 5.92 Å². The molecule has 2 N–H and O–H groups in total. The molecule has 1 saturated heterocycles. The van der Waals surface area contributed by atoms with E-state index in [9.17, 15) is 4.79 Å². The number of nitrogens with one attached hydrogen (secondary N) is 2. The monoisotopic (exact) mass is 297 g/mol. The Morgan fingerprint density at radius 1 is 1.23 bits per heavy atom. The van der Waals surface area contributed by atoms with Crippen molar-refractivity contribution >= 4 is 5.91 Å². The molecule has 1 amide bonds. The average Bonchev–Trinajstić information content (AvgIpc) is 3.23. The van der Waals surface area contributed by atoms with Crippen LogP contribution in [0.2, 0.25) is 0 Å². The molecule has 4 nitrogen and oxygen atoms in total. The zero-order valence-electron chi connectivity index (χ0n) is 12.8. The predicted octanol–water partition coefficient (Wildman–Crippen LogP) is 2.31. The maximum absolute atomic E-state index is 11.9. The van der Waals surface area contributed by atoms with Crippen LogP contribution in [0.3, 0.4) is 0 Å². The van der Waals surface area contributed by atoms with Crippen molar-refractivity contribution in [3.63, 3.8) is 0 Å². The lowest BCUT2D eigenvalue weighted by molar-refractivity contribution is 0.0943. The van der Waals surface area contributed by atoms with Gasteiger partial charge in [0.2, 0.25) is 0 Å². The summed E-state index contributed by atoms with van der Waals surface area (Å²) >= 11 is 0. The van der Waals surface area contributed by atoms with E-state index in [1.165, 1.54) is 12.0 Å². The minimum atomic E-state index is -0.00673. The number of benzene rings is 1. The van der Waals surface area contributed by atoms with Gasteiger partial charge in [0.15, 0.2) is 0 Å². The first-order valence-corrected chi connectivity index (χ1v) is 7.99. The summed E-state index contributed by atoms with van der Waals surface area (Å²) in [5.74, 6) is 0.558. The largest absolute Gasteiger partial charge is 0.357 e. The van der Waals surface area contributed by atoms with Gasteiger partial charge in [0.25, 0.3) is 5.91 Å². The molecule has 0 radical (unpaired) electrons. The molecule has 0 saturated carbocycles. The number of rotatable bonds is 6.